The summed E-state index contributed by atoms with van der Waals surface area (Å²) in [7, 11) is 1.62. The first kappa shape index (κ1) is 13.8. The Morgan fingerprint density at radius 1 is 1.18 bits per heavy atom. The van der Waals surface area contributed by atoms with E-state index in [-0.39, 0.29) is 0 Å². The van der Waals surface area contributed by atoms with Crippen LogP contribution in [0.15, 0.2) is 18.2 Å². The van der Waals surface area contributed by atoms with Gasteiger partial charge in [-0.15, -0.1) is 0 Å². The number of unbranched alkanes of at least 4 members (excludes halogenated alkanes) is 3. The topological polar surface area (TPSA) is 44.5 Å². The summed E-state index contributed by atoms with van der Waals surface area (Å²) in [6.45, 7) is 3.66. The third kappa shape index (κ3) is 5.09. The molecule has 0 aromatic heterocycles. The predicted molar refractivity (Wildman–Crippen MR) is 71.2 cm³/mol. The molecule has 96 valence electrons. The average molecular weight is 237 g/mol. The molecular formula is C14H23NO2. The highest BCUT2D eigenvalue weighted by atomic mass is 16.5. The van der Waals surface area contributed by atoms with Crippen LogP contribution in [0.1, 0.15) is 38.2 Å². The molecule has 0 bridgehead atoms. The maximum absolute atomic E-state index is 5.82. The maximum Gasteiger partial charge on any atom is 0.141 e. The van der Waals surface area contributed by atoms with Gasteiger partial charge < -0.3 is 15.2 Å². The molecule has 17 heavy (non-hydrogen) atoms. The summed E-state index contributed by atoms with van der Waals surface area (Å²) in [6.07, 6.45) is 4.94. The number of rotatable bonds is 8. The largest absolute Gasteiger partial charge is 0.495 e. The Labute approximate surface area is 104 Å². The molecule has 0 heterocycles. The fourth-order valence-corrected chi connectivity index (χ4v) is 1.69. The Kier molecular flexibility index (Phi) is 6.48. The highest BCUT2D eigenvalue weighted by molar-refractivity contribution is 5.54. The van der Waals surface area contributed by atoms with Gasteiger partial charge in [-0.2, -0.15) is 0 Å². The zero-order valence-corrected chi connectivity index (χ0v) is 10.9. The van der Waals surface area contributed by atoms with Crippen molar-refractivity contribution in [1.29, 1.82) is 0 Å². The molecular weight excluding hydrogens is 214 g/mol. The summed E-state index contributed by atoms with van der Waals surface area (Å²) in [6, 6.07) is 5.78. The second-order valence-corrected chi connectivity index (χ2v) is 4.19. The molecule has 1 aromatic rings. The van der Waals surface area contributed by atoms with Crippen LogP contribution in [0.5, 0.6) is 5.75 Å². The highest BCUT2D eigenvalue weighted by Crippen LogP contribution is 2.22. The van der Waals surface area contributed by atoms with Gasteiger partial charge in [0.25, 0.3) is 0 Å². The first-order valence-electron chi connectivity index (χ1n) is 6.28. The number of nitrogens with two attached hydrogens (primary N) is 1. The molecule has 0 unspecified atom stereocenters. The minimum Gasteiger partial charge on any atom is -0.495 e. The van der Waals surface area contributed by atoms with Crippen LogP contribution in [0.4, 0.5) is 5.69 Å². The number of hydrogen-bond acceptors (Lipinski definition) is 3. The van der Waals surface area contributed by atoms with Crippen LogP contribution in [-0.4, -0.2) is 13.7 Å². The summed E-state index contributed by atoms with van der Waals surface area (Å²) in [5.41, 5.74) is 7.58. The van der Waals surface area contributed by atoms with Gasteiger partial charge in [-0.1, -0.05) is 32.3 Å². The van der Waals surface area contributed by atoms with Crippen LogP contribution in [0.25, 0.3) is 0 Å². The molecule has 3 nitrogen and oxygen atoms in total. The van der Waals surface area contributed by atoms with Crippen molar-refractivity contribution < 1.29 is 9.47 Å². The van der Waals surface area contributed by atoms with Crippen molar-refractivity contribution in [1.82, 2.24) is 0 Å². The zero-order valence-electron chi connectivity index (χ0n) is 10.9. The lowest BCUT2D eigenvalue weighted by Gasteiger charge is -2.08. The van der Waals surface area contributed by atoms with Crippen molar-refractivity contribution in [2.75, 3.05) is 19.5 Å². The molecule has 0 saturated carbocycles. The summed E-state index contributed by atoms with van der Waals surface area (Å²) in [5.74, 6) is 0.719. The van der Waals surface area contributed by atoms with Crippen LogP contribution in [0, 0.1) is 0 Å². The van der Waals surface area contributed by atoms with E-state index in [4.69, 9.17) is 15.2 Å². The maximum atomic E-state index is 5.82. The number of methoxy groups -OCH3 is 1. The monoisotopic (exact) mass is 237 g/mol. The first-order chi connectivity index (χ1) is 8.27. The molecule has 0 atom stereocenters. The number of anilines is 1. The Morgan fingerprint density at radius 3 is 2.65 bits per heavy atom. The Morgan fingerprint density at radius 2 is 2.00 bits per heavy atom. The number of hydrogen-bond donors (Lipinski definition) is 1. The summed E-state index contributed by atoms with van der Waals surface area (Å²) >= 11 is 0. The van der Waals surface area contributed by atoms with Crippen LogP contribution in [-0.2, 0) is 11.3 Å². The van der Waals surface area contributed by atoms with E-state index < -0.39 is 0 Å². The van der Waals surface area contributed by atoms with Gasteiger partial charge in [0, 0.05) is 6.61 Å². The second kappa shape index (κ2) is 7.96. The van der Waals surface area contributed by atoms with E-state index in [2.05, 4.69) is 6.92 Å². The number of ether oxygens (including phenoxy) is 2. The lowest BCUT2D eigenvalue weighted by Crippen LogP contribution is -1.98. The van der Waals surface area contributed by atoms with Gasteiger partial charge in [-0.25, -0.2) is 0 Å². The molecule has 0 saturated heterocycles. The van der Waals surface area contributed by atoms with E-state index in [1.165, 1.54) is 19.3 Å². The molecule has 0 spiro atoms. The molecule has 0 fully saturated rings. The lowest BCUT2D eigenvalue weighted by molar-refractivity contribution is 0.117. The quantitative estimate of drug-likeness (QED) is 0.557. The van der Waals surface area contributed by atoms with Crippen LogP contribution >= 0.6 is 0 Å². The minimum atomic E-state index is 0.625. The van der Waals surface area contributed by atoms with E-state index in [1.807, 2.05) is 18.2 Å². The fourth-order valence-electron chi connectivity index (χ4n) is 1.69. The zero-order chi connectivity index (χ0) is 12.5. The number of nitrogen functional groups attached to an aromatic ring is 1. The van der Waals surface area contributed by atoms with Crippen molar-refractivity contribution in [3.05, 3.63) is 23.8 Å². The van der Waals surface area contributed by atoms with Crippen LogP contribution in [0.3, 0.4) is 0 Å². The molecule has 0 aliphatic carbocycles. The third-order valence-electron chi connectivity index (χ3n) is 2.71. The predicted octanol–water partition coefficient (Wildman–Crippen LogP) is 3.37. The van der Waals surface area contributed by atoms with Gasteiger partial charge in [0.2, 0.25) is 0 Å². The first-order valence-corrected chi connectivity index (χ1v) is 6.28. The second-order valence-electron chi connectivity index (χ2n) is 4.19. The molecule has 0 aliphatic heterocycles. The van der Waals surface area contributed by atoms with E-state index in [0.29, 0.717) is 12.3 Å². The fraction of sp³-hybridized carbons (Fsp3) is 0.571. The molecule has 2 N–H and O–H groups in total. The van der Waals surface area contributed by atoms with Crippen LogP contribution < -0.4 is 10.5 Å². The number of benzene rings is 1. The SMILES string of the molecule is CCCCCCOCc1ccc(OC)c(N)c1. The normalized spacial score (nSPS) is 10.5. The van der Waals surface area contributed by atoms with E-state index in [1.54, 1.807) is 7.11 Å². The summed E-state index contributed by atoms with van der Waals surface area (Å²) in [4.78, 5) is 0. The molecule has 1 aromatic carbocycles. The van der Waals surface area contributed by atoms with E-state index >= 15 is 0 Å². The van der Waals surface area contributed by atoms with Gasteiger partial charge in [0.05, 0.1) is 19.4 Å². The molecule has 3 heteroatoms. The Hall–Kier alpha value is -1.22. The van der Waals surface area contributed by atoms with Crippen molar-refractivity contribution in [3.8, 4) is 5.75 Å². The van der Waals surface area contributed by atoms with E-state index in [9.17, 15) is 0 Å². The highest BCUT2D eigenvalue weighted by Gasteiger charge is 2.00. The van der Waals surface area contributed by atoms with Crippen molar-refractivity contribution in [3.63, 3.8) is 0 Å². The van der Waals surface area contributed by atoms with Gasteiger partial charge in [0.15, 0.2) is 0 Å². The lowest BCUT2D eigenvalue weighted by atomic mass is 10.2. The van der Waals surface area contributed by atoms with Gasteiger partial charge in [-0.05, 0) is 24.1 Å². The van der Waals surface area contributed by atoms with Gasteiger partial charge in [0.1, 0.15) is 5.75 Å². The third-order valence-corrected chi connectivity index (χ3v) is 2.71. The minimum absolute atomic E-state index is 0.625. The average Bonchev–Trinajstić information content (AvgIpc) is 2.34. The van der Waals surface area contributed by atoms with Crippen molar-refractivity contribution >= 4 is 5.69 Å². The molecule has 0 amide bonds. The molecule has 0 aliphatic rings. The van der Waals surface area contributed by atoms with Crippen molar-refractivity contribution in [2.45, 2.75) is 39.2 Å². The van der Waals surface area contributed by atoms with Crippen LogP contribution in [0.2, 0.25) is 0 Å². The van der Waals surface area contributed by atoms with Crippen molar-refractivity contribution in [2.24, 2.45) is 0 Å². The summed E-state index contributed by atoms with van der Waals surface area (Å²) < 4.78 is 10.7. The van der Waals surface area contributed by atoms with Gasteiger partial charge in [-0.3, -0.25) is 0 Å². The molecule has 0 radical (unpaired) electrons. The Bertz CT molecular complexity index is 326. The van der Waals surface area contributed by atoms with Gasteiger partial charge >= 0.3 is 0 Å². The summed E-state index contributed by atoms with van der Waals surface area (Å²) in [5, 5.41) is 0. The Balaban J connectivity index is 2.25. The standard InChI is InChI=1S/C14H23NO2/c1-3-4-5-6-9-17-11-12-7-8-14(16-2)13(15)10-12/h7-8,10H,3-6,9,11,15H2,1-2H3. The smallest absolute Gasteiger partial charge is 0.141 e. The van der Waals surface area contributed by atoms with E-state index in [0.717, 1.165) is 24.3 Å². The molecule has 1 rings (SSSR count).